The molecule has 0 fully saturated rings. The highest BCUT2D eigenvalue weighted by Gasteiger charge is 2.06. The van der Waals surface area contributed by atoms with Gasteiger partial charge in [-0.25, -0.2) is 0 Å². The zero-order chi connectivity index (χ0) is 14.9. The molecule has 21 heavy (non-hydrogen) atoms. The first kappa shape index (κ1) is 16.1. The van der Waals surface area contributed by atoms with Gasteiger partial charge in [0, 0.05) is 30.3 Å². The maximum atomic E-state index is 5.02. The van der Waals surface area contributed by atoms with E-state index in [1.165, 1.54) is 16.0 Å². The normalized spacial score (nSPS) is 12.3. The molecule has 0 radical (unpaired) electrons. The quantitative estimate of drug-likeness (QED) is 0.581. The number of methoxy groups -OCH3 is 1. The Balaban J connectivity index is 1.84. The highest BCUT2D eigenvalue weighted by molar-refractivity contribution is 7.99. The summed E-state index contributed by atoms with van der Waals surface area (Å²) in [5, 5.41) is 3.83. The van der Waals surface area contributed by atoms with Gasteiger partial charge in [-0.15, -0.1) is 11.8 Å². The van der Waals surface area contributed by atoms with Crippen LogP contribution in [0.15, 0.2) is 59.5 Å². The number of hydrogen-bond donors (Lipinski definition) is 1. The Morgan fingerprint density at radius 2 is 1.76 bits per heavy atom. The summed E-state index contributed by atoms with van der Waals surface area (Å²) < 4.78 is 5.02. The van der Waals surface area contributed by atoms with Crippen LogP contribution in [0.25, 0.3) is 0 Å². The van der Waals surface area contributed by atoms with Gasteiger partial charge in [-0.2, -0.15) is 0 Å². The predicted molar refractivity (Wildman–Crippen MR) is 90.7 cm³/mol. The lowest BCUT2D eigenvalue weighted by Gasteiger charge is -2.12. The van der Waals surface area contributed by atoms with E-state index in [2.05, 4.69) is 66.8 Å². The van der Waals surface area contributed by atoms with E-state index in [1.54, 1.807) is 7.11 Å². The van der Waals surface area contributed by atoms with E-state index in [0.717, 1.165) is 19.7 Å². The molecule has 0 aliphatic carbocycles. The van der Waals surface area contributed by atoms with Crippen molar-refractivity contribution in [3.05, 3.63) is 65.7 Å². The zero-order valence-electron chi connectivity index (χ0n) is 12.7. The molecule has 0 saturated carbocycles. The highest BCUT2D eigenvalue weighted by atomic mass is 32.2. The van der Waals surface area contributed by atoms with Crippen LogP contribution in [0.2, 0.25) is 0 Å². The van der Waals surface area contributed by atoms with Gasteiger partial charge in [0.25, 0.3) is 0 Å². The standard InChI is InChI=1S/C18H23NOS/c1-15(17-6-4-3-5-7-17)21-18-10-8-16(9-11-18)14-19-12-13-20-2/h3-11,15,19H,12-14H2,1-2H3. The molecule has 112 valence electrons. The third kappa shape index (κ3) is 5.54. The fraction of sp³-hybridized carbons (Fsp3) is 0.333. The van der Waals surface area contributed by atoms with E-state index >= 15 is 0 Å². The second kappa shape index (κ2) is 8.88. The lowest BCUT2D eigenvalue weighted by atomic mass is 10.2. The zero-order valence-corrected chi connectivity index (χ0v) is 13.5. The van der Waals surface area contributed by atoms with Crippen molar-refractivity contribution in [1.82, 2.24) is 5.32 Å². The van der Waals surface area contributed by atoms with Crippen LogP contribution < -0.4 is 5.32 Å². The molecule has 1 N–H and O–H groups in total. The summed E-state index contributed by atoms with van der Waals surface area (Å²) >= 11 is 1.90. The van der Waals surface area contributed by atoms with Crippen molar-refractivity contribution in [2.75, 3.05) is 20.3 Å². The summed E-state index contributed by atoms with van der Waals surface area (Å²) in [7, 11) is 1.72. The first-order chi connectivity index (χ1) is 10.3. The molecule has 0 aliphatic heterocycles. The maximum absolute atomic E-state index is 5.02. The molecule has 0 aliphatic rings. The van der Waals surface area contributed by atoms with Crippen LogP contribution in [0.3, 0.4) is 0 Å². The SMILES string of the molecule is COCCNCc1ccc(SC(C)c2ccccc2)cc1. The fourth-order valence-electron chi connectivity index (χ4n) is 2.09. The van der Waals surface area contributed by atoms with E-state index in [1.807, 2.05) is 11.8 Å². The summed E-state index contributed by atoms with van der Waals surface area (Å²) in [6.07, 6.45) is 0. The van der Waals surface area contributed by atoms with E-state index in [9.17, 15) is 0 Å². The minimum absolute atomic E-state index is 0.469. The van der Waals surface area contributed by atoms with E-state index in [4.69, 9.17) is 4.74 Å². The van der Waals surface area contributed by atoms with Crippen LogP contribution in [-0.4, -0.2) is 20.3 Å². The molecular weight excluding hydrogens is 278 g/mol. The highest BCUT2D eigenvalue weighted by Crippen LogP contribution is 2.34. The number of ether oxygens (including phenoxy) is 1. The van der Waals surface area contributed by atoms with Crippen LogP contribution in [0.4, 0.5) is 0 Å². The van der Waals surface area contributed by atoms with Gasteiger partial charge >= 0.3 is 0 Å². The third-order valence-corrected chi connectivity index (χ3v) is 4.49. The lowest BCUT2D eigenvalue weighted by Crippen LogP contribution is -2.18. The molecule has 0 saturated heterocycles. The minimum atomic E-state index is 0.469. The van der Waals surface area contributed by atoms with Crippen molar-refractivity contribution in [3.63, 3.8) is 0 Å². The molecule has 2 aromatic carbocycles. The Kier molecular flexibility index (Phi) is 6.80. The molecule has 2 rings (SSSR count). The van der Waals surface area contributed by atoms with Crippen molar-refractivity contribution in [3.8, 4) is 0 Å². The second-order valence-corrected chi connectivity index (χ2v) is 6.40. The summed E-state index contributed by atoms with van der Waals surface area (Å²) in [6, 6.07) is 19.4. The van der Waals surface area contributed by atoms with Crippen molar-refractivity contribution < 1.29 is 4.74 Å². The molecule has 0 aromatic heterocycles. The number of rotatable bonds is 8. The largest absolute Gasteiger partial charge is 0.383 e. The minimum Gasteiger partial charge on any atom is -0.383 e. The number of benzene rings is 2. The Hall–Kier alpha value is -1.29. The Labute approximate surface area is 131 Å². The smallest absolute Gasteiger partial charge is 0.0587 e. The van der Waals surface area contributed by atoms with Gasteiger partial charge < -0.3 is 10.1 Å². The Morgan fingerprint density at radius 3 is 2.43 bits per heavy atom. The molecule has 2 nitrogen and oxygen atoms in total. The molecule has 0 bridgehead atoms. The summed E-state index contributed by atoms with van der Waals surface area (Å²) in [5.41, 5.74) is 2.68. The van der Waals surface area contributed by atoms with E-state index in [-0.39, 0.29) is 0 Å². The monoisotopic (exact) mass is 301 g/mol. The van der Waals surface area contributed by atoms with Crippen LogP contribution in [0.5, 0.6) is 0 Å². The average Bonchev–Trinajstić information content (AvgIpc) is 2.54. The summed E-state index contributed by atoms with van der Waals surface area (Å²) in [6.45, 7) is 4.78. The molecular formula is C18H23NOS. The van der Waals surface area contributed by atoms with E-state index < -0.39 is 0 Å². The molecule has 0 amide bonds. The molecule has 2 aromatic rings. The molecule has 1 atom stereocenters. The van der Waals surface area contributed by atoms with Gasteiger partial charge in [-0.05, 0) is 30.2 Å². The van der Waals surface area contributed by atoms with Crippen LogP contribution in [-0.2, 0) is 11.3 Å². The Bertz CT molecular complexity index is 513. The van der Waals surface area contributed by atoms with Crippen LogP contribution in [0.1, 0.15) is 23.3 Å². The molecule has 0 heterocycles. The Morgan fingerprint density at radius 1 is 1.05 bits per heavy atom. The topological polar surface area (TPSA) is 21.3 Å². The van der Waals surface area contributed by atoms with E-state index in [0.29, 0.717) is 5.25 Å². The van der Waals surface area contributed by atoms with Crippen LogP contribution in [0, 0.1) is 0 Å². The predicted octanol–water partition coefficient (Wildman–Crippen LogP) is 4.28. The number of nitrogens with one attached hydrogen (secondary N) is 1. The van der Waals surface area contributed by atoms with Crippen LogP contribution >= 0.6 is 11.8 Å². The van der Waals surface area contributed by atoms with Crippen molar-refractivity contribution in [2.45, 2.75) is 23.6 Å². The van der Waals surface area contributed by atoms with Gasteiger partial charge in [-0.1, -0.05) is 42.5 Å². The lowest BCUT2D eigenvalue weighted by molar-refractivity contribution is 0.199. The average molecular weight is 301 g/mol. The van der Waals surface area contributed by atoms with Crippen molar-refractivity contribution >= 4 is 11.8 Å². The molecule has 1 unspecified atom stereocenters. The van der Waals surface area contributed by atoms with Gasteiger partial charge in [0.1, 0.15) is 0 Å². The van der Waals surface area contributed by atoms with Gasteiger partial charge in [0.15, 0.2) is 0 Å². The fourth-order valence-corrected chi connectivity index (χ4v) is 3.08. The number of thioether (sulfide) groups is 1. The first-order valence-electron chi connectivity index (χ1n) is 7.30. The summed E-state index contributed by atoms with van der Waals surface area (Å²) in [4.78, 5) is 1.31. The maximum Gasteiger partial charge on any atom is 0.0587 e. The second-order valence-electron chi connectivity index (χ2n) is 4.98. The number of hydrogen-bond acceptors (Lipinski definition) is 3. The van der Waals surface area contributed by atoms with Gasteiger partial charge in [0.05, 0.1) is 6.61 Å². The summed E-state index contributed by atoms with van der Waals surface area (Å²) in [5.74, 6) is 0. The molecule has 3 heteroatoms. The van der Waals surface area contributed by atoms with Gasteiger partial charge in [-0.3, -0.25) is 0 Å². The third-order valence-electron chi connectivity index (χ3n) is 3.32. The molecule has 0 spiro atoms. The van der Waals surface area contributed by atoms with Crippen molar-refractivity contribution in [2.24, 2.45) is 0 Å². The van der Waals surface area contributed by atoms with Crippen molar-refractivity contribution in [1.29, 1.82) is 0 Å². The van der Waals surface area contributed by atoms with Gasteiger partial charge in [0.2, 0.25) is 0 Å². The first-order valence-corrected chi connectivity index (χ1v) is 8.18.